The van der Waals surface area contributed by atoms with Gasteiger partial charge >= 0.3 is 0 Å². The summed E-state index contributed by atoms with van der Waals surface area (Å²) in [5.74, 6) is 0. The van der Waals surface area contributed by atoms with E-state index in [1.54, 1.807) is 0 Å². The van der Waals surface area contributed by atoms with Crippen LogP contribution in [0.5, 0.6) is 0 Å². The zero-order valence-corrected chi connectivity index (χ0v) is 24.7. The molecule has 5 rings (SSSR count). The smallest absolute Gasteiger partial charge is 0.210 e. The zero-order valence-electron chi connectivity index (χ0n) is 23.9. The maximum absolute atomic E-state index is 6.45. The van der Waals surface area contributed by atoms with Gasteiger partial charge in [0.05, 0.1) is 5.41 Å². The number of allylic oxidation sites excluding steroid dienone is 4. The second-order valence-corrected chi connectivity index (χ2v) is 12.3. The van der Waals surface area contributed by atoms with Crippen molar-refractivity contribution in [3.05, 3.63) is 94.7 Å². The first-order valence-corrected chi connectivity index (χ1v) is 14.7. The molecule has 2 aliphatic heterocycles. The van der Waals surface area contributed by atoms with Crippen molar-refractivity contribution < 1.29 is 4.58 Å². The fraction of sp³-hybridized carbons (Fsp3) is 0.400. The first-order valence-electron chi connectivity index (χ1n) is 14.4. The SMILES string of the molecule is CCCCN1C(=CC=CC2=[N+](CCCC)c3ccc4ccccc4c3C2(C)C)C(C)(C)c2cc(Cl)ccc21. The minimum Gasteiger partial charge on any atom is -0.344 e. The molecular weight excluding hydrogens is 484 g/mol. The molecule has 198 valence electrons. The maximum atomic E-state index is 6.45. The highest BCUT2D eigenvalue weighted by atomic mass is 35.5. The number of hydrogen-bond donors (Lipinski definition) is 0. The molecule has 0 bridgehead atoms. The van der Waals surface area contributed by atoms with Crippen LogP contribution < -0.4 is 4.90 Å². The molecule has 0 fully saturated rings. The van der Waals surface area contributed by atoms with Gasteiger partial charge in [-0.2, -0.15) is 4.58 Å². The molecule has 38 heavy (non-hydrogen) atoms. The van der Waals surface area contributed by atoms with Crippen molar-refractivity contribution in [3.8, 4) is 0 Å². The molecule has 2 nitrogen and oxygen atoms in total. The fourth-order valence-electron chi connectivity index (χ4n) is 6.53. The Morgan fingerprint density at radius 1 is 0.895 bits per heavy atom. The maximum Gasteiger partial charge on any atom is 0.210 e. The molecule has 0 saturated heterocycles. The molecule has 0 saturated carbocycles. The van der Waals surface area contributed by atoms with Crippen LogP contribution >= 0.6 is 11.6 Å². The van der Waals surface area contributed by atoms with Gasteiger partial charge in [0.1, 0.15) is 6.54 Å². The van der Waals surface area contributed by atoms with Crippen molar-refractivity contribution in [1.82, 2.24) is 0 Å². The Kier molecular flexibility index (Phi) is 7.31. The normalized spacial score (nSPS) is 18.7. The van der Waals surface area contributed by atoms with Crippen molar-refractivity contribution in [2.75, 3.05) is 18.0 Å². The lowest BCUT2D eigenvalue weighted by molar-refractivity contribution is -0.438. The first-order chi connectivity index (χ1) is 18.2. The Hall–Kier alpha value is -2.84. The summed E-state index contributed by atoms with van der Waals surface area (Å²) in [4.78, 5) is 2.51. The lowest BCUT2D eigenvalue weighted by Gasteiger charge is -2.27. The van der Waals surface area contributed by atoms with Crippen LogP contribution in [-0.4, -0.2) is 23.4 Å². The second-order valence-electron chi connectivity index (χ2n) is 11.9. The number of halogens is 1. The van der Waals surface area contributed by atoms with Gasteiger partial charge in [0.25, 0.3) is 0 Å². The molecule has 0 N–H and O–H groups in total. The molecule has 3 aromatic carbocycles. The van der Waals surface area contributed by atoms with Gasteiger partial charge < -0.3 is 4.90 Å². The predicted octanol–water partition coefficient (Wildman–Crippen LogP) is 9.71. The van der Waals surface area contributed by atoms with Crippen molar-refractivity contribution in [1.29, 1.82) is 0 Å². The highest BCUT2D eigenvalue weighted by Gasteiger charge is 2.45. The Labute approximate surface area is 234 Å². The van der Waals surface area contributed by atoms with Gasteiger partial charge in [0.2, 0.25) is 5.69 Å². The van der Waals surface area contributed by atoms with Gasteiger partial charge in [-0.15, -0.1) is 0 Å². The topological polar surface area (TPSA) is 6.25 Å². The van der Waals surface area contributed by atoms with Crippen LogP contribution in [0.2, 0.25) is 5.02 Å². The average Bonchev–Trinajstić information content (AvgIpc) is 3.24. The van der Waals surface area contributed by atoms with E-state index in [2.05, 4.69) is 118 Å². The Bertz CT molecular complexity index is 1450. The molecule has 0 spiro atoms. The van der Waals surface area contributed by atoms with E-state index in [0.717, 1.165) is 24.5 Å². The first kappa shape index (κ1) is 26.8. The van der Waals surface area contributed by atoms with E-state index in [1.807, 2.05) is 6.07 Å². The summed E-state index contributed by atoms with van der Waals surface area (Å²) >= 11 is 6.45. The molecule has 2 aliphatic rings. The Morgan fingerprint density at radius 2 is 1.66 bits per heavy atom. The Balaban J connectivity index is 1.59. The molecular formula is C35H42ClN2+. The summed E-state index contributed by atoms with van der Waals surface area (Å²) in [6.07, 6.45) is 11.7. The quantitative estimate of drug-likeness (QED) is 0.265. The van der Waals surface area contributed by atoms with Gasteiger partial charge in [0, 0.05) is 52.5 Å². The summed E-state index contributed by atoms with van der Waals surface area (Å²) in [6, 6.07) is 19.8. The molecule has 0 amide bonds. The summed E-state index contributed by atoms with van der Waals surface area (Å²) in [7, 11) is 0. The Morgan fingerprint density at radius 3 is 2.42 bits per heavy atom. The monoisotopic (exact) mass is 525 g/mol. The second kappa shape index (κ2) is 10.4. The summed E-state index contributed by atoms with van der Waals surface area (Å²) in [5, 5.41) is 3.50. The third-order valence-corrected chi connectivity index (χ3v) is 8.82. The molecule has 0 aromatic heterocycles. The van der Waals surface area contributed by atoms with E-state index in [9.17, 15) is 0 Å². The third kappa shape index (κ3) is 4.41. The van der Waals surface area contributed by atoms with Gasteiger partial charge in [-0.1, -0.05) is 82.5 Å². The van der Waals surface area contributed by atoms with Gasteiger partial charge in [0.15, 0.2) is 5.71 Å². The van der Waals surface area contributed by atoms with Crippen LogP contribution in [-0.2, 0) is 10.8 Å². The van der Waals surface area contributed by atoms with Crippen molar-refractivity contribution in [2.45, 2.75) is 78.1 Å². The number of nitrogens with zero attached hydrogens (tertiary/aromatic N) is 2. The number of anilines is 1. The predicted molar refractivity (Wildman–Crippen MR) is 166 cm³/mol. The summed E-state index contributed by atoms with van der Waals surface area (Å²) in [6.45, 7) is 16.0. The number of fused-ring (bicyclic) bond motifs is 4. The minimum atomic E-state index is -0.102. The number of benzene rings is 3. The lowest BCUT2D eigenvalue weighted by atomic mass is 9.79. The van der Waals surface area contributed by atoms with Crippen LogP contribution in [0.25, 0.3) is 10.8 Å². The van der Waals surface area contributed by atoms with Crippen LogP contribution in [0.4, 0.5) is 11.4 Å². The summed E-state index contributed by atoms with van der Waals surface area (Å²) < 4.78 is 2.57. The molecule has 0 aliphatic carbocycles. The molecule has 3 heteroatoms. The third-order valence-electron chi connectivity index (χ3n) is 8.59. The van der Waals surface area contributed by atoms with Gasteiger partial charge in [-0.25, -0.2) is 0 Å². The van der Waals surface area contributed by atoms with E-state index >= 15 is 0 Å². The highest BCUT2D eigenvalue weighted by Crippen LogP contribution is 2.49. The number of unbranched alkanes of at least 4 members (excludes halogenated alkanes) is 2. The number of rotatable bonds is 8. The van der Waals surface area contributed by atoms with Crippen molar-refractivity contribution in [2.24, 2.45) is 0 Å². The van der Waals surface area contributed by atoms with E-state index < -0.39 is 0 Å². The van der Waals surface area contributed by atoms with E-state index in [4.69, 9.17) is 11.6 Å². The minimum absolute atomic E-state index is 0.0808. The van der Waals surface area contributed by atoms with E-state index in [-0.39, 0.29) is 10.8 Å². The van der Waals surface area contributed by atoms with Crippen LogP contribution in [0.1, 0.15) is 78.4 Å². The van der Waals surface area contributed by atoms with Gasteiger partial charge in [-0.3, -0.25) is 0 Å². The number of hydrogen-bond acceptors (Lipinski definition) is 1. The van der Waals surface area contributed by atoms with E-state index in [0.29, 0.717) is 0 Å². The van der Waals surface area contributed by atoms with Crippen LogP contribution in [0.15, 0.2) is 78.5 Å². The van der Waals surface area contributed by atoms with Crippen LogP contribution in [0.3, 0.4) is 0 Å². The standard InChI is InChI=1S/C35H42ClN2/c1-7-9-22-37-29-21-19-26(36)24-28(29)34(3,4)31(37)16-13-17-32-35(5,6)33-27-15-12-11-14-25(27)18-20-30(33)38(32)23-10-8-2/h11-21,24H,7-10,22-23H2,1-6H3/q+1. The van der Waals surface area contributed by atoms with E-state index in [1.165, 1.54) is 63.9 Å². The molecule has 2 heterocycles. The fourth-order valence-corrected chi connectivity index (χ4v) is 6.70. The van der Waals surface area contributed by atoms with Crippen molar-refractivity contribution in [3.63, 3.8) is 0 Å². The zero-order chi connectivity index (χ0) is 27.1. The van der Waals surface area contributed by atoms with Gasteiger partial charge in [-0.05, 0) is 66.9 Å². The average molecular weight is 526 g/mol. The highest BCUT2D eigenvalue weighted by molar-refractivity contribution is 6.30. The molecule has 0 atom stereocenters. The van der Waals surface area contributed by atoms with Crippen LogP contribution in [0, 0.1) is 0 Å². The largest absolute Gasteiger partial charge is 0.344 e. The molecule has 0 unspecified atom stereocenters. The molecule has 0 radical (unpaired) electrons. The van der Waals surface area contributed by atoms with Crippen molar-refractivity contribution >= 4 is 39.5 Å². The lowest BCUT2D eigenvalue weighted by Crippen LogP contribution is -2.28. The molecule has 3 aromatic rings. The summed E-state index contributed by atoms with van der Waals surface area (Å²) in [5.41, 5.74) is 7.97.